The first kappa shape index (κ1) is 15.0. The minimum Gasteiger partial charge on any atom is -0.356 e. The molecule has 2 aromatic carbocycles. The van der Waals surface area contributed by atoms with E-state index in [2.05, 4.69) is 46.7 Å². The third-order valence-electron chi connectivity index (χ3n) is 4.93. The van der Waals surface area contributed by atoms with Crippen molar-refractivity contribution in [1.29, 1.82) is 0 Å². The van der Waals surface area contributed by atoms with Gasteiger partial charge in [0.15, 0.2) is 0 Å². The fraction of sp³-hybridized carbons (Fsp3) is 0.286. The molecule has 0 spiro atoms. The van der Waals surface area contributed by atoms with Gasteiger partial charge in [0.1, 0.15) is 0 Å². The van der Waals surface area contributed by atoms with E-state index in [1.54, 1.807) is 0 Å². The van der Waals surface area contributed by atoms with Crippen molar-refractivity contribution in [3.8, 4) is 0 Å². The van der Waals surface area contributed by atoms with Crippen molar-refractivity contribution in [3.05, 3.63) is 71.4 Å². The molecule has 0 saturated heterocycles. The van der Waals surface area contributed by atoms with Crippen LogP contribution in [-0.4, -0.2) is 10.9 Å². The Labute approximate surface area is 142 Å². The summed E-state index contributed by atoms with van der Waals surface area (Å²) in [6.07, 6.45) is 4.56. The number of hydrogen-bond donors (Lipinski definition) is 2. The van der Waals surface area contributed by atoms with E-state index in [4.69, 9.17) is 0 Å². The average molecular weight is 318 g/mol. The van der Waals surface area contributed by atoms with Gasteiger partial charge in [-0.15, -0.1) is 0 Å². The quantitative estimate of drug-likeness (QED) is 0.740. The van der Waals surface area contributed by atoms with Crippen molar-refractivity contribution in [2.45, 2.75) is 38.1 Å². The van der Waals surface area contributed by atoms with Crippen molar-refractivity contribution in [2.75, 3.05) is 0 Å². The van der Waals surface area contributed by atoms with Gasteiger partial charge >= 0.3 is 0 Å². The topological polar surface area (TPSA) is 44.9 Å². The lowest BCUT2D eigenvalue weighted by molar-refractivity contribution is -0.121. The Morgan fingerprint density at radius 2 is 1.88 bits per heavy atom. The van der Waals surface area contributed by atoms with Crippen molar-refractivity contribution in [2.24, 2.45) is 0 Å². The van der Waals surface area contributed by atoms with Crippen LogP contribution in [0.2, 0.25) is 0 Å². The number of amides is 1. The molecule has 122 valence electrons. The van der Waals surface area contributed by atoms with Crippen LogP contribution in [0.4, 0.5) is 0 Å². The number of hydrogen-bond acceptors (Lipinski definition) is 1. The van der Waals surface area contributed by atoms with Crippen LogP contribution in [0, 0.1) is 0 Å². The molecule has 0 unspecified atom stereocenters. The summed E-state index contributed by atoms with van der Waals surface area (Å²) in [5.41, 5.74) is 4.97. The summed E-state index contributed by atoms with van der Waals surface area (Å²) in [4.78, 5) is 15.9. The zero-order chi connectivity index (χ0) is 16.4. The second-order valence-electron chi connectivity index (χ2n) is 6.56. The van der Waals surface area contributed by atoms with Crippen LogP contribution >= 0.6 is 0 Å². The molecule has 1 aliphatic carbocycles. The molecule has 1 amide bonds. The predicted molar refractivity (Wildman–Crippen MR) is 96.9 cm³/mol. The fourth-order valence-corrected chi connectivity index (χ4v) is 3.73. The first-order chi connectivity index (χ1) is 11.8. The van der Waals surface area contributed by atoms with Crippen LogP contribution in [0.15, 0.2) is 54.6 Å². The van der Waals surface area contributed by atoms with Gasteiger partial charge in [0.2, 0.25) is 5.91 Å². The van der Waals surface area contributed by atoms with Crippen LogP contribution in [0.3, 0.4) is 0 Å². The molecule has 0 radical (unpaired) electrons. The zero-order valence-electron chi connectivity index (χ0n) is 13.7. The Morgan fingerprint density at radius 1 is 1.08 bits per heavy atom. The predicted octanol–water partition coefficient (Wildman–Crippen LogP) is 4.29. The smallest absolute Gasteiger partial charge is 0.220 e. The molecule has 0 saturated carbocycles. The number of carbonyl (C=O) groups excluding carboxylic acids is 1. The summed E-state index contributed by atoms with van der Waals surface area (Å²) >= 11 is 0. The lowest BCUT2D eigenvalue weighted by atomic mass is 9.91. The summed E-state index contributed by atoms with van der Waals surface area (Å²) in [5.74, 6) is 0.135. The summed E-state index contributed by atoms with van der Waals surface area (Å²) in [5, 5.41) is 4.54. The molecule has 1 heterocycles. The Kier molecular flexibility index (Phi) is 4.08. The highest BCUT2D eigenvalue weighted by molar-refractivity contribution is 5.85. The van der Waals surface area contributed by atoms with E-state index >= 15 is 0 Å². The summed E-state index contributed by atoms with van der Waals surface area (Å²) < 4.78 is 0. The van der Waals surface area contributed by atoms with E-state index < -0.39 is 0 Å². The van der Waals surface area contributed by atoms with E-state index in [1.807, 2.05) is 18.2 Å². The number of carbonyl (C=O) groups is 1. The standard InChI is InChI=1S/C21H22N2O/c24-20(14-13-15-7-2-1-3-8-15)22-19-12-6-10-17-16-9-4-5-11-18(16)23-21(17)19/h1-5,7-9,11,19,23H,6,10,12-14H2,(H,22,24)/t19-/m0/s1. The first-order valence-corrected chi connectivity index (χ1v) is 8.74. The molecular weight excluding hydrogens is 296 g/mol. The van der Waals surface area contributed by atoms with Gasteiger partial charge in [0, 0.05) is 23.0 Å². The van der Waals surface area contributed by atoms with Crippen LogP contribution in [0.1, 0.15) is 42.1 Å². The second kappa shape index (κ2) is 6.52. The number of aryl methyl sites for hydroxylation is 2. The van der Waals surface area contributed by atoms with Gasteiger partial charge in [-0.05, 0) is 42.9 Å². The largest absolute Gasteiger partial charge is 0.356 e. The van der Waals surface area contributed by atoms with Gasteiger partial charge in [-0.2, -0.15) is 0 Å². The van der Waals surface area contributed by atoms with Crippen molar-refractivity contribution in [1.82, 2.24) is 10.3 Å². The molecular formula is C21H22N2O. The molecule has 0 aliphatic heterocycles. The molecule has 0 fully saturated rings. The van der Waals surface area contributed by atoms with Crippen LogP contribution in [0.5, 0.6) is 0 Å². The molecule has 1 aliphatic rings. The fourth-order valence-electron chi connectivity index (χ4n) is 3.73. The SMILES string of the molecule is O=C(CCc1ccccc1)N[C@H]1CCCc2c1[nH]c1ccccc21. The van der Waals surface area contributed by atoms with E-state index in [0.717, 1.165) is 25.7 Å². The zero-order valence-corrected chi connectivity index (χ0v) is 13.7. The Balaban J connectivity index is 1.47. The number of benzene rings is 2. The minimum atomic E-state index is 0.115. The van der Waals surface area contributed by atoms with E-state index in [-0.39, 0.29) is 11.9 Å². The molecule has 0 bridgehead atoms. The number of para-hydroxylation sites is 1. The molecule has 2 N–H and O–H groups in total. The maximum absolute atomic E-state index is 12.4. The summed E-state index contributed by atoms with van der Waals surface area (Å²) in [7, 11) is 0. The number of nitrogens with one attached hydrogen (secondary N) is 2. The number of fused-ring (bicyclic) bond motifs is 3. The van der Waals surface area contributed by atoms with Gasteiger partial charge in [-0.25, -0.2) is 0 Å². The van der Waals surface area contributed by atoms with Crippen LogP contribution in [-0.2, 0) is 17.6 Å². The van der Waals surface area contributed by atoms with Crippen LogP contribution < -0.4 is 5.32 Å². The molecule has 3 aromatic rings. The number of aromatic amines is 1. The second-order valence-corrected chi connectivity index (χ2v) is 6.56. The normalized spacial score (nSPS) is 16.8. The van der Waals surface area contributed by atoms with Gasteiger partial charge in [-0.3, -0.25) is 4.79 Å². The maximum atomic E-state index is 12.4. The van der Waals surface area contributed by atoms with Gasteiger partial charge in [-0.1, -0.05) is 48.5 Å². The molecule has 1 atom stereocenters. The van der Waals surface area contributed by atoms with Gasteiger partial charge in [0.05, 0.1) is 6.04 Å². The number of aromatic nitrogens is 1. The van der Waals surface area contributed by atoms with Gasteiger partial charge in [0.25, 0.3) is 0 Å². The Morgan fingerprint density at radius 3 is 2.75 bits per heavy atom. The van der Waals surface area contributed by atoms with E-state index in [1.165, 1.54) is 27.7 Å². The Bertz CT molecular complexity index is 851. The summed E-state index contributed by atoms with van der Waals surface area (Å²) in [6.45, 7) is 0. The highest BCUT2D eigenvalue weighted by Gasteiger charge is 2.25. The first-order valence-electron chi connectivity index (χ1n) is 8.74. The number of rotatable bonds is 4. The molecule has 3 heteroatoms. The molecule has 3 nitrogen and oxygen atoms in total. The highest BCUT2D eigenvalue weighted by Crippen LogP contribution is 2.34. The third kappa shape index (κ3) is 2.94. The third-order valence-corrected chi connectivity index (χ3v) is 4.93. The van der Waals surface area contributed by atoms with Crippen molar-refractivity contribution in [3.63, 3.8) is 0 Å². The molecule has 4 rings (SSSR count). The van der Waals surface area contributed by atoms with E-state index in [0.29, 0.717) is 6.42 Å². The van der Waals surface area contributed by atoms with Gasteiger partial charge < -0.3 is 10.3 Å². The van der Waals surface area contributed by atoms with Crippen LogP contribution in [0.25, 0.3) is 10.9 Å². The lowest BCUT2D eigenvalue weighted by Gasteiger charge is -2.24. The average Bonchev–Trinajstić information content (AvgIpc) is 3.01. The molecule has 24 heavy (non-hydrogen) atoms. The van der Waals surface area contributed by atoms with Crippen molar-refractivity contribution >= 4 is 16.8 Å². The summed E-state index contributed by atoms with van der Waals surface area (Å²) in [6, 6.07) is 18.7. The number of H-pyrrole nitrogens is 1. The monoisotopic (exact) mass is 318 g/mol. The minimum absolute atomic E-state index is 0.115. The Hall–Kier alpha value is -2.55. The molecule has 1 aromatic heterocycles. The lowest BCUT2D eigenvalue weighted by Crippen LogP contribution is -2.31. The van der Waals surface area contributed by atoms with E-state index in [9.17, 15) is 4.79 Å². The van der Waals surface area contributed by atoms with Crippen molar-refractivity contribution < 1.29 is 4.79 Å². The highest BCUT2D eigenvalue weighted by atomic mass is 16.1. The maximum Gasteiger partial charge on any atom is 0.220 e.